The first-order valence-corrected chi connectivity index (χ1v) is 6.17. The molecule has 0 radical (unpaired) electrons. The van der Waals surface area contributed by atoms with Gasteiger partial charge in [0.25, 0.3) is 0 Å². The summed E-state index contributed by atoms with van der Waals surface area (Å²) in [6, 6.07) is 5.13. The fourth-order valence-corrected chi connectivity index (χ4v) is 2.61. The summed E-state index contributed by atoms with van der Waals surface area (Å²) in [6.07, 6.45) is 7.54. The lowest BCUT2D eigenvalue weighted by atomic mass is 10.0. The highest BCUT2D eigenvalue weighted by molar-refractivity contribution is 5.14. The van der Waals surface area contributed by atoms with Crippen LogP contribution in [0.3, 0.4) is 0 Å². The molecule has 1 aromatic heterocycles. The Bertz CT molecular complexity index is 312. The number of rotatable bonds is 4. The van der Waals surface area contributed by atoms with Gasteiger partial charge in [-0.3, -0.25) is 4.98 Å². The second kappa shape index (κ2) is 5.41. The maximum Gasteiger partial charge on any atom is 0.0295 e. The van der Waals surface area contributed by atoms with Gasteiger partial charge in [0.15, 0.2) is 0 Å². The van der Waals surface area contributed by atoms with Crippen molar-refractivity contribution in [3.63, 3.8) is 0 Å². The van der Waals surface area contributed by atoms with Gasteiger partial charge >= 0.3 is 0 Å². The molecule has 0 aliphatic heterocycles. The molecule has 0 amide bonds. The molecule has 3 atom stereocenters. The first-order chi connectivity index (χ1) is 7.81. The van der Waals surface area contributed by atoms with E-state index < -0.39 is 0 Å². The summed E-state index contributed by atoms with van der Waals surface area (Å²) in [5.74, 6) is 0.657. The summed E-state index contributed by atoms with van der Waals surface area (Å²) >= 11 is 0. The number of aromatic nitrogens is 1. The van der Waals surface area contributed by atoms with Crippen LogP contribution in [0.15, 0.2) is 24.5 Å². The number of hydrogen-bond acceptors (Lipinski definition) is 3. The summed E-state index contributed by atoms with van der Waals surface area (Å²) in [4.78, 5) is 4.04. The van der Waals surface area contributed by atoms with E-state index in [9.17, 15) is 0 Å². The molecule has 16 heavy (non-hydrogen) atoms. The smallest absolute Gasteiger partial charge is 0.0295 e. The van der Waals surface area contributed by atoms with Crippen molar-refractivity contribution in [3.05, 3.63) is 30.1 Å². The Balaban J connectivity index is 1.94. The standard InChI is InChI=1S/C13H21N3/c1-10(11-5-7-15-8-6-11)16-13-4-2-3-12(13)9-14/h5-8,10,12-13,16H,2-4,9,14H2,1H3/t10-,12?,13?/m0/s1. The Labute approximate surface area is 97.5 Å². The Kier molecular flexibility index (Phi) is 3.91. The molecule has 2 unspecified atom stereocenters. The average molecular weight is 219 g/mol. The molecule has 1 aromatic rings. The zero-order valence-electron chi connectivity index (χ0n) is 9.89. The Morgan fingerprint density at radius 2 is 2.19 bits per heavy atom. The van der Waals surface area contributed by atoms with Crippen LogP contribution in [0.25, 0.3) is 0 Å². The van der Waals surface area contributed by atoms with Gasteiger partial charge in [0.05, 0.1) is 0 Å². The van der Waals surface area contributed by atoms with E-state index in [1.807, 2.05) is 12.4 Å². The molecule has 1 aliphatic carbocycles. The van der Waals surface area contributed by atoms with Gasteiger partial charge in [0, 0.05) is 24.5 Å². The van der Waals surface area contributed by atoms with E-state index in [-0.39, 0.29) is 0 Å². The monoisotopic (exact) mass is 219 g/mol. The van der Waals surface area contributed by atoms with Crippen LogP contribution in [0.1, 0.15) is 37.8 Å². The zero-order valence-corrected chi connectivity index (χ0v) is 9.89. The quantitative estimate of drug-likeness (QED) is 0.812. The molecule has 3 heteroatoms. The van der Waals surface area contributed by atoms with E-state index in [4.69, 9.17) is 5.73 Å². The third-order valence-corrected chi connectivity index (χ3v) is 3.63. The van der Waals surface area contributed by atoms with E-state index in [0.717, 1.165) is 6.54 Å². The molecular formula is C13H21N3. The molecule has 0 saturated heterocycles. The lowest BCUT2D eigenvalue weighted by Crippen LogP contribution is -2.37. The van der Waals surface area contributed by atoms with Crippen LogP contribution in [0.4, 0.5) is 0 Å². The first-order valence-electron chi connectivity index (χ1n) is 6.17. The lowest BCUT2D eigenvalue weighted by Gasteiger charge is -2.24. The highest BCUT2D eigenvalue weighted by Crippen LogP contribution is 2.26. The maximum absolute atomic E-state index is 5.79. The fraction of sp³-hybridized carbons (Fsp3) is 0.615. The van der Waals surface area contributed by atoms with E-state index >= 15 is 0 Å². The van der Waals surface area contributed by atoms with Gasteiger partial charge in [-0.05, 0) is 49.9 Å². The van der Waals surface area contributed by atoms with Gasteiger partial charge in [-0.1, -0.05) is 6.42 Å². The van der Waals surface area contributed by atoms with Gasteiger partial charge < -0.3 is 11.1 Å². The first kappa shape index (κ1) is 11.6. The molecule has 88 valence electrons. The van der Waals surface area contributed by atoms with Crippen molar-refractivity contribution in [1.29, 1.82) is 0 Å². The van der Waals surface area contributed by atoms with Crippen LogP contribution in [-0.2, 0) is 0 Å². The molecule has 0 bridgehead atoms. The van der Waals surface area contributed by atoms with Crippen molar-refractivity contribution in [2.24, 2.45) is 11.7 Å². The summed E-state index contributed by atoms with van der Waals surface area (Å²) in [5.41, 5.74) is 7.09. The molecule has 1 aliphatic rings. The third-order valence-electron chi connectivity index (χ3n) is 3.63. The number of hydrogen-bond donors (Lipinski definition) is 2. The second-order valence-electron chi connectivity index (χ2n) is 4.70. The number of nitrogens with zero attached hydrogens (tertiary/aromatic N) is 1. The van der Waals surface area contributed by atoms with Crippen molar-refractivity contribution < 1.29 is 0 Å². The Morgan fingerprint density at radius 1 is 1.44 bits per heavy atom. The van der Waals surface area contributed by atoms with Crippen molar-refractivity contribution in [3.8, 4) is 0 Å². The van der Waals surface area contributed by atoms with Crippen LogP contribution >= 0.6 is 0 Å². The topological polar surface area (TPSA) is 50.9 Å². The molecule has 0 spiro atoms. The third kappa shape index (κ3) is 2.60. The van der Waals surface area contributed by atoms with Gasteiger partial charge in [-0.25, -0.2) is 0 Å². The molecule has 1 heterocycles. The summed E-state index contributed by atoms with van der Waals surface area (Å²) < 4.78 is 0. The Morgan fingerprint density at radius 3 is 2.88 bits per heavy atom. The minimum Gasteiger partial charge on any atom is -0.330 e. The second-order valence-corrected chi connectivity index (χ2v) is 4.70. The van der Waals surface area contributed by atoms with Crippen molar-refractivity contribution in [1.82, 2.24) is 10.3 Å². The van der Waals surface area contributed by atoms with Gasteiger partial charge in [0.1, 0.15) is 0 Å². The van der Waals surface area contributed by atoms with Crippen molar-refractivity contribution in [2.75, 3.05) is 6.54 Å². The zero-order chi connectivity index (χ0) is 11.4. The summed E-state index contributed by atoms with van der Waals surface area (Å²) in [7, 11) is 0. The van der Waals surface area contributed by atoms with Crippen LogP contribution in [0, 0.1) is 5.92 Å². The summed E-state index contributed by atoms with van der Waals surface area (Å²) in [5, 5.41) is 3.69. The van der Waals surface area contributed by atoms with Crippen molar-refractivity contribution in [2.45, 2.75) is 38.3 Å². The maximum atomic E-state index is 5.79. The predicted molar refractivity (Wildman–Crippen MR) is 66.0 cm³/mol. The molecule has 0 aromatic carbocycles. The SMILES string of the molecule is C[C@H](NC1CCCC1CN)c1ccncc1. The molecular weight excluding hydrogens is 198 g/mol. The Hall–Kier alpha value is -0.930. The van der Waals surface area contributed by atoms with Crippen LogP contribution < -0.4 is 11.1 Å². The highest BCUT2D eigenvalue weighted by Gasteiger charge is 2.26. The highest BCUT2D eigenvalue weighted by atomic mass is 15.0. The summed E-state index contributed by atoms with van der Waals surface area (Å²) in [6.45, 7) is 3.02. The predicted octanol–water partition coefficient (Wildman–Crippen LogP) is 1.86. The normalized spacial score (nSPS) is 26.9. The number of nitrogens with two attached hydrogens (primary N) is 1. The van der Waals surface area contributed by atoms with Gasteiger partial charge in [-0.2, -0.15) is 0 Å². The molecule has 1 saturated carbocycles. The molecule has 2 rings (SSSR count). The molecule has 3 nitrogen and oxygen atoms in total. The fourth-order valence-electron chi connectivity index (χ4n) is 2.61. The van der Waals surface area contributed by atoms with E-state index in [1.54, 1.807) is 0 Å². The van der Waals surface area contributed by atoms with Crippen LogP contribution in [-0.4, -0.2) is 17.6 Å². The van der Waals surface area contributed by atoms with E-state index in [0.29, 0.717) is 18.0 Å². The number of pyridine rings is 1. The van der Waals surface area contributed by atoms with Crippen LogP contribution in [0.5, 0.6) is 0 Å². The van der Waals surface area contributed by atoms with Crippen molar-refractivity contribution >= 4 is 0 Å². The average Bonchev–Trinajstić information content (AvgIpc) is 2.77. The van der Waals surface area contributed by atoms with Gasteiger partial charge in [-0.15, -0.1) is 0 Å². The van der Waals surface area contributed by atoms with E-state index in [2.05, 4.69) is 29.4 Å². The lowest BCUT2D eigenvalue weighted by molar-refractivity contribution is 0.373. The largest absolute Gasteiger partial charge is 0.330 e. The van der Waals surface area contributed by atoms with E-state index in [1.165, 1.54) is 24.8 Å². The molecule has 1 fully saturated rings. The minimum atomic E-state index is 0.389. The molecule has 3 N–H and O–H groups in total. The minimum absolute atomic E-state index is 0.389. The number of nitrogens with one attached hydrogen (secondary N) is 1. The van der Waals surface area contributed by atoms with Gasteiger partial charge in [0.2, 0.25) is 0 Å². The van der Waals surface area contributed by atoms with Crippen LogP contribution in [0.2, 0.25) is 0 Å².